The van der Waals surface area contributed by atoms with Crippen LogP contribution in [0.3, 0.4) is 0 Å². The summed E-state index contributed by atoms with van der Waals surface area (Å²) >= 11 is 0. The third-order valence-electron chi connectivity index (χ3n) is 2.03. The Hall–Kier alpha value is -1.10. The van der Waals surface area contributed by atoms with Gasteiger partial charge in [-0.2, -0.15) is 0 Å². The molecule has 5 heteroatoms. The first-order valence-corrected chi connectivity index (χ1v) is 4.29. The van der Waals surface area contributed by atoms with Gasteiger partial charge < -0.3 is 10.4 Å². The van der Waals surface area contributed by atoms with Gasteiger partial charge in [0, 0.05) is 13.2 Å². The van der Waals surface area contributed by atoms with Gasteiger partial charge in [-0.1, -0.05) is 6.92 Å². The molecule has 1 aliphatic heterocycles. The van der Waals surface area contributed by atoms with Crippen molar-refractivity contribution in [3.05, 3.63) is 0 Å². The molecule has 1 unspecified atom stereocenters. The summed E-state index contributed by atoms with van der Waals surface area (Å²) in [6.45, 7) is 3.68. The Morgan fingerprint density at radius 1 is 1.62 bits per heavy atom. The van der Waals surface area contributed by atoms with Gasteiger partial charge in [0.2, 0.25) is 0 Å². The van der Waals surface area contributed by atoms with E-state index < -0.39 is 6.04 Å². The van der Waals surface area contributed by atoms with Crippen LogP contribution < -0.4 is 5.32 Å². The van der Waals surface area contributed by atoms with Gasteiger partial charge in [-0.3, -0.25) is 9.69 Å². The second-order valence-corrected chi connectivity index (χ2v) is 3.41. The molecule has 1 aliphatic rings. The van der Waals surface area contributed by atoms with Crippen molar-refractivity contribution < 1.29 is 14.7 Å². The van der Waals surface area contributed by atoms with Crippen LogP contribution in [0.5, 0.6) is 0 Å². The maximum absolute atomic E-state index is 11.3. The molecule has 1 heterocycles. The van der Waals surface area contributed by atoms with Crippen LogP contribution in [0.1, 0.15) is 13.8 Å². The number of aliphatic hydroxyl groups excluding tert-OH is 1. The first kappa shape index (κ1) is 9.98. The van der Waals surface area contributed by atoms with Crippen molar-refractivity contribution in [3.8, 4) is 0 Å². The predicted molar refractivity (Wildman–Crippen MR) is 46.0 cm³/mol. The number of urea groups is 1. The zero-order valence-corrected chi connectivity index (χ0v) is 7.78. The van der Waals surface area contributed by atoms with E-state index in [0.29, 0.717) is 0 Å². The quantitative estimate of drug-likeness (QED) is 0.587. The lowest BCUT2D eigenvalue weighted by molar-refractivity contribution is -0.127. The summed E-state index contributed by atoms with van der Waals surface area (Å²) < 4.78 is 0. The molecule has 13 heavy (non-hydrogen) atoms. The molecule has 74 valence electrons. The summed E-state index contributed by atoms with van der Waals surface area (Å²) in [6.07, 6.45) is 0. The van der Waals surface area contributed by atoms with Crippen molar-refractivity contribution in [2.45, 2.75) is 19.9 Å². The van der Waals surface area contributed by atoms with Gasteiger partial charge in [0.25, 0.3) is 5.91 Å². The Labute approximate surface area is 76.7 Å². The lowest BCUT2D eigenvalue weighted by Gasteiger charge is -2.16. The minimum absolute atomic E-state index is 0.0224. The standard InChI is InChI=1S/C8H14N2O3/c1-5(4-11)3-10-7(12)6(2)9-8(10)13/h5-6,11H,3-4H2,1-2H3,(H,9,13)/t5?,6-/m1/s1. The lowest BCUT2D eigenvalue weighted by atomic mass is 10.2. The molecule has 1 fully saturated rings. The molecule has 5 nitrogen and oxygen atoms in total. The van der Waals surface area contributed by atoms with Crippen molar-refractivity contribution in [1.82, 2.24) is 10.2 Å². The molecular weight excluding hydrogens is 172 g/mol. The third kappa shape index (κ3) is 1.98. The van der Waals surface area contributed by atoms with E-state index in [1.165, 1.54) is 0 Å². The minimum Gasteiger partial charge on any atom is -0.396 e. The van der Waals surface area contributed by atoms with E-state index in [9.17, 15) is 9.59 Å². The predicted octanol–water partition coefficient (Wildman–Crippen LogP) is -0.445. The zero-order valence-electron chi connectivity index (χ0n) is 7.78. The SMILES string of the molecule is CC(CO)CN1C(=O)N[C@H](C)C1=O. The van der Waals surface area contributed by atoms with Gasteiger partial charge in [-0.25, -0.2) is 4.79 Å². The van der Waals surface area contributed by atoms with Crippen molar-refractivity contribution >= 4 is 11.9 Å². The van der Waals surface area contributed by atoms with Crippen molar-refractivity contribution in [1.29, 1.82) is 0 Å². The highest BCUT2D eigenvalue weighted by molar-refractivity contribution is 6.03. The highest BCUT2D eigenvalue weighted by atomic mass is 16.3. The highest BCUT2D eigenvalue weighted by Gasteiger charge is 2.35. The van der Waals surface area contributed by atoms with Gasteiger partial charge in [0.05, 0.1) is 0 Å². The Morgan fingerprint density at radius 3 is 2.62 bits per heavy atom. The smallest absolute Gasteiger partial charge is 0.324 e. The Balaban J connectivity index is 2.59. The minimum atomic E-state index is -0.432. The third-order valence-corrected chi connectivity index (χ3v) is 2.03. The molecule has 0 saturated carbocycles. The number of imide groups is 1. The van der Waals surface area contributed by atoms with Gasteiger partial charge in [0.1, 0.15) is 6.04 Å². The first-order chi connectivity index (χ1) is 6.06. The molecule has 0 aromatic carbocycles. The van der Waals surface area contributed by atoms with E-state index in [2.05, 4.69) is 5.32 Å². The Bertz CT molecular complexity index is 229. The monoisotopic (exact) mass is 186 g/mol. The number of carbonyl (C=O) groups excluding carboxylic acids is 2. The average molecular weight is 186 g/mol. The normalized spacial score (nSPS) is 24.8. The van der Waals surface area contributed by atoms with Crippen LogP contribution in [0.4, 0.5) is 4.79 Å². The number of amides is 3. The molecule has 1 saturated heterocycles. The van der Waals surface area contributed by atoms with Crippen LogP contribution in [-0.4, -0.2) is 41.1 Å². The molecule has 0 bridgehead atoms. The van der Waals surface area contributed by atoms with Crippen LogP contribution in [0.2, 0.25) is 0 Å². The van der Waals surface area contributed by atoms with E-state index in [1.54, 1.807) is 13.8 Å². The van der Waals surface area contributed by atoms with Gasteiger partial charge in [0.15, 0.2) is 0 Å². The fourth-order valence-electron chi connectivity index (χ4n) is 1.20. The maximum Gasteiger partial charge on any atom is 0.324 e. The summed E-state index contributed by atoms with van der Waals surface area (Å²) in [6, 6.07) is -0.795. The molecule has 0 spiro atoms. The molecule has 0 aliphatic carbocycles. The molecule has 1 rings (SSSR count). The number of rotatable bonds is 3. The fraction of sp³-hybridized carbons (Fsp3) is 0.750. The van der Waals surface area contributed by atoms with Crippen LogP contribution in [-0.2, 0) is 4.79 Å². The summed E-state index contributed by atoms with van der Waals surface area (Å²) in [4.78, 5) is 23.6. The molecule has 2 N–H and O–H groups in total. The van der Waals surface area contributed by atoms with E-state index in [-0.39, 0.29) is 31.0 Å². The number of nitrogens with one attached hydrogen (secondary N) is 1. The molecule has 0 aromatic rings. The Kier molecular flexibility index (Phi) is 2.87. The topological polar surface area (TPSA) is 69.6 Å². The fourth-order valence-corrected chi connectivity index (χ4v) is 1.20. The number of carbonyl (C=O) groups is 2. The number of hydrogen-bond donors (Lipinski definition) is 2. The molecule has 0 aromatic heterocycles. The molecule has 0 radical (unpaired) electrons. The van der Waals surface area contributed by atoms with E-state index >= 15 is 0 Å². The molecular formula is C8H14N2O3. The second kappa shape index (κ2) is 3.74. The van der Waals surface area contributed by atoms with Crippen LogP contribution in [0, 0.1) is 5.92 Å². The maximum atomic E-state index is 11.3. The van der Waals surface area contributed by atoms with Gasteiger partial charge >= 0.3 is 6.03 Å². The van der Waals surface area contributed by atoms with E-state index in [4.69, 9.17) is 5.11 Å². The van der Waals surface area contributed by atoms with E-state index in [1.807, 2.05) is 0 Å². The van der Waals surface area contributed by atoms with Crippen LogP contribution in [0.25, 0.3) is 0 Å². The second-order valence-electron chi connectivity index (χ2n) is 3.41. The average Bonchev–Trinajstić information content (AvgIpc) is 2.32. The summed E-state index contributed by atoms with van der Waals surface area (Å²) in [7, 11) is 0. The van der Waals surface area contributed by atoms with Gasteiger partial charge in [-0.15, -0.1) is 0 Å². The van der Waals surface area contributed by atoms with E-state index in [0.717, 1.165) is 4.90 Å². The number of nitrogens with zero attached hydrogens (tertiary/aromatic N) is 1. The number of hydrogen-bond acceptors (Lipinski definition) is 3. The zero-order chi connectivity index (χ0) is 10.0. The lowest BCUT2D eigenvalue weighted by Crippen LogP contribution is -2.35. The summed E-state index contributed by atoms with van der Waals surface area (Å²) in [5.41, 5.74) is 0. The summed E-state index contributed by atoms with van der Waals surface area (Å²) in [5, 5.41) is 11.3. The van der Waals surface area contributed by atoms with Crippen LogP contribution >= 0.6 is 0 Å². The van der Waals surface area contributed by atoms with Crippen molar-refractivity contribution in [3.63, 3.8) is 0 Å². The number of aliphatic hydroxyl groups is 1. The molecule has 2 atom stereocenters. The van der Waals surface area contributed by atoms with Gasteiger partial charge in [-0.05, 0) is 12.8 Å². The molecule has 3 amide bonds. The van der Waals surface area contributed by atoms with Crippen molar-refractivity contribution in [2.75, 3.05) is 13.2 Å². The Morgan fingerprint density at radius 2 is 2.23 bits per heavy atom. The first-order valence-electron chi connectivity index (χ1n) is 4.29. The summed E-state index contributed by atoms with van der Waals surface area (Å²) in [5.74, 6) is -0.287. The largest absolute Gasteiger partial charge is 0.396 e. The van der Waals surface area contributed by atoms with Crippen LogP contribution in [0.15, 0.2) is 0 Å². The highest BCUT2D eigenvalue weighted by Crippen LogP contribution is 2.08. The van der Waals surface area contributed by atoms with Crippen molar-refractivity contribution in [2.24, 2.45) is 5.92 Å².